The lowest BCUT2D eigenvalue weighted by Gasteiger charge is -2.15. The summed E-state index contributed by atoms with van der Waals surface area (Å²) >= 11 is 6.45. The maximum absolute atomic E-state index is 12.3. The van der Waals surface area contributed by atoms with Gasteiger partial charge < -0.3 is 15.6 Å². The molecule has 8 heteroatoms. The molecule has 3 N–H and O–H groups in total. The van der Waals surface area contributed by atoms with Gasteiger partial charge in [0.15, 0.2) is 0 Å². The first-order valence-corrected chi connectivity index (χ1v) is 10.6. The first-order chi connectivity index (χ1) is 15.5. The van der Waals surface area contributed by atoms with Crippen LogP contribution in [0.25, 0.3) is 22.4 Å². The van der Waals surface area contributed by atoms with Crippen LogP contribution >= 0.6 is 11.6 Å². The molecule has 0 saturated carbocycles. The summed E-state index contributed by atoms with van der Waals surface area (Å²) in [6.07, 6.45) is 8.10. The zero-order chi connectivity index (χ0) is 22.5. The standard InChI is InChI=1S/C24H23ClN6O/c1-16-23(24(26)32)18(14-22(30-16)29-9-4-11-31-12-10-27-15-31)17-6-7-20(25)19(13-17)21-5-2-3-8-28-21/h2-3,5-8,10,12-15H,4,9,11H2,1H3,(H2,26,32)(H,29,30). The number of imidazole rings is 1. The summed E-state index contributed by atoms with van der Waals surface area (Å²) in [5.74, 6) is 0.161. The molecule has 32 heavy (non-hydrogen) atoms. The summed E-state index contributed by atoms with van der Waals surface area (Å²) < 4.78 is 2.02. The Balaban J connectivity index is 1.65. The summed E-state index contributed by atoms with van der Waals surface area (Å²) in [5, 5.41) is 3.93. The predicted octanol–water partition coefficient (Wildman–Crippen LogP) is 4.57. The van der Waals surface area contributed by atoms with Crippen LogP contribution in [0.2, 0.25) is 5.02 Å². The van der Waals surface area contributed by atoms with Crippen LogP contribution in [0.1, 0.15) is 22.5 Å². The number of anilines is 1. The molecule has 7 nitrogen and oxygen atoms in total. The van der Waals surface area contributed by atoms with E-state index in [2.05, 4.69) is 20.3 Å². The van der Waals surface area contributed by atoms with Crippen molar-refractivity contribution in [2.45, 2.75) is 19.9 Å². The predicted molar refractivity (Wildman–Crippen MR) is 127 cm³/mol. The molecule has 0 saturated heterocycles. The Bertz CT molecular complexity index is 1220. The average molecular weight is 447 g/mol. The Morgan fingerprint density at radius 2 is 2.03 bits per heavy atom. The minimum atomic E-state index is -0.522. The van der Waals surface area contributed by atoms with Gasteiger partial charge in [-0.25, -0.2) is 9.97 Å². The van der Waals surface area contributed by atoms with Gasteiger partial charge in [0.25, 0.3) is 5.91 Å². The molecular weight excluding hydrogens is 424 g/mol. The lowest BCUT2D eigenvalue weighted by Crippen LogP contribution is -2.16. The van der Waals surface area contributed by atoms with E-state index in [1.165, 1.54) is 0 Å². The molecule has 4 rings (SSSR count). The van der Waals surface area contributed by atoms with Crippen LogP contribution in [-0.4, -0.2) is 32.0 Å². The van der Waals surface area contributed by atoms with Crippen LogP contribution < -0.4 is 11.1 Å². The molecule has 4 aromatic rings. The van der Waals surface area contributed by atoms with Gasteiger partial charge in [-0.1, -0.05) is 23.7 Å². The van der Waals surface area contributed by atoms with E-state index < -0.39 is 5.91 Å². The molecule has 3 aromatic heterocycles. The zero-order valence-electron chi connectivity index (χ0n) is 17.6. The molecule has 0 aliphatic rings. The van der Waals surface area contributed by atoms with E-state index in [0.717, 1.165) is 36.3 Å². The first kappa shape index (κ1) is 21.5. The van der Waals surface area contributed by atoms with E-state index in [-0.39, 0.29) is 0 Å². The molecule has 0 bridgehead atoms. The van der Waals surface area contributed by atoms with Gasteiger partial charge in [-0.05, 0) is 54.8 Å². The molecule has 0 unspecified atom stereocenters. The Morgan fingerprint density at radius 3 is 2.75 bits per heavy atom. The van der Waals surface area contributed by atoms with Crippen molar-refractivity contribution < 1.29 is 4.79 Å². The molecule has 1 amide bonds. The third-order valence-electron chi connectivity index (χ3n) is 5.12. The lowest BCUT2D eigenvalue weighted by atomic mass is 9.96. The van der Waals surface area contributed by atoms with Crippen molar-refractivity contribution in [3.8, 4) is 22.4 Å². The van der Waals surface area contributed by atoms with Gasteiger partial charge in [-0.2, -0.15) is 0 Å². The number of hydrogen-bond acceptors (Lipinski definition) is 5. The van der Waals surface area contributed by atoms with E-state index in [0.29, 0.717) is 27.7 Å². The van der Waals surface area contributed by atoms with Crippen LogP contribution in [0.15, 0.2) is 67.4 Å². The van der Waals surface area contributed by atoms with E-state index in [4.69, 9.17) is 17.3 Å². The molecule has 1 aromatic carbocycles. The number of carbonyl (C=O) groups is 1. The number of rotatable bonds is 8. The lowest BCUT2D eigenvalue weighted by molar-refractivity contribution is 0.1000. The van der Waals surface area contributed by atoms with Crippen LogP contribution in [0, 0.1) is 6.92 Å². The minimum Gasteiger partial charge on any atom is -0.370 e. The second-order valence-corrected chi connectivity index (χ2v) is 7.78. The van der Waals surface area contributed by atoms with Crippen LogP contribution in [0.3, 0.4) is 0 Å². The van der Waals surface area contributed by atoms with Gasteiger partial charge in [0.1, 0.15) is 5.82 Å². The highest BCUT2D eigenvalue weighted by atomic mass is 35.5. The van der Waals surface area contributed by atoms with E-state index >= 15 is 0 Å². The molecule has 0 atom stereocenters. The highest BCUT2D eigenvalue weighted by Crippen LogP contribution is 2.34. The highest BCUT2D eigenvalue weighted by molar-refractivity contribution is 6.33. The van der Waals surface area contributed by atoms with Crippen molar-refractivity contribution in [1.29, 1.82) is 0 Å². The van der Waals surface area contributed by atoms with E-state index in [1.54, 1.807) is 31.7 Å². The quantitative estimate of drug-likeness (QED) is 0.386. The Kier molecular flexibility index (Phi) is 6.47. The molecular formula is C24H23ClN6O. The first-order valence-electron chi connectivity index (χ1n) is 10.3. The number of hydrogen-bond donors (Lipinski definition) is 2. The fraction of sp³-hybridized carbons (Fsp3) is 0.167. The maximum atomic E-state index is 12.3. The van der Waals surface area contributed by atoms with Gasteiger partial charge in [-0.15, -0.1) is 0 Å². The molecule has 0 fully saturated rings. The van der Waals surface area contributed by atoms with Gasteiger partial charge in [0.2, 0.25) is 0 Å². The zero-order valence-corrected chi connectivity index (χ0v) is 18.4. The number of aromatic nitrogens is 4. The highest BCUT2D eigenvalue weighted by Gasteiger charge is 2.18. The smallest absolute Gasteiger partial charge is 0.251 e. The van der Waals surface area contributed by atoms with Crippen LogP contribution in [0.5, 0.6) is 0 Å². The number of amides is 1. The molecule has 0 aliphatic carbocycles. The SMILES string of the molecule is Cc1nc(NCCCn2ccnc2)cc(-c2ccc(Cl)c(-c3ccccn3)c2)c1C(N)=O. The largest absolute Gasteiger partial charge is 0.370 e. The number of halogens is 1. The van der Waals surface area contributed by atoms with Crippen molar-refractivity contribution >= 4 is 23.3 Å². The molecule has 162 valence electrons. The van der Waals surface area contributed by atoms with Gasteiger partial charge in [0.05, 0.1) is 23.3 Å². The molecule has 3 heterocycles. The number of nitrogens with two attached hydrogens (primary N) is 1. The monoisotopic (exact) mass is 446 g/mol. The maximum Gasteiger partial charge on any atom is 0.251 e. The van der Waals surface area contributed by atoms with Crippen molar-refractivity contribution in [3.63, 3.8) is 0 Å². The molecule has 0 aliphatic heterocycles. The number of pyridine rings is 2. The molecule has 0 spiro atoms. The summed E-state index contributed by atoms with van der Waals surface area (Å²) in [5.41, 5.74) is 9.73. The summed E-state index contributed by atoms with van der Waals surface area (Å²) in [6, 6.07) is 13.1. The van der Waals surface area contributed by atoms with Gasteiger partial charge >= 0.3 is 0 Å². The number of carbonyl (C=O) groups excluding carboxylic acids is 1. The summed E-state index contributed by atoms with van der Waals surface area (Å²) in [7, 11) is 0. The van der Waals surface area contributed by atoms with Crippen molar-refractivity contribution in [3.05, 3.63) is 83.7 Å². The third kappa shape index (κ3) is 4.78. The number of primary amides is 1. The number of aryl methyl sites for hydroxylation is 2. The van der Waals surface area contributed by atoms with Crippen LogP contribution in [-0.2, 0) is 6.54 Å². The van der Waals surface area contributed by atoms with Crippen molar-refractivity contribution in [1.82, 2.24) is 19.5 Å². The number of nitrogens with zero attached hydrogens (tertiary/aromatic N) is 4. The number of benzene rings is 1. The van der Waals surface area contributed by atoms with Crippen molar-refractivity contribution in [2.75, 3.05) is 11.9 Å². The topological polar surface area (TPSA) is 98.7 Å². The average Bonchev–Trinajstić information content (AvgIpc) is 3.30. The van der Waals surface area contributed by atoms with Gasteiger partial charge in [0, 0.05) is 42.3 Å². The fourth-order valence-corrected chi connectivity index (χ4v) is 3.82. The third-order valence-corrected chi connectivity index (χ3v) is 5.45. The Hall–Kier alpha value is -3.71. The normalized spacial score (nSPS) is 10.8. The minimum absolute atomic E-state index is 0.392. The van der Waals surface area contributed by atoms with E-state index in [9.17, 15) is 4.79 Å². The Labute approximate surface area is 191 Å². The summed E-state index contributed by atoms with van der Waals surface area (Å²) in [4.78, 5) is 25.3. The summed E-state index contributed by atoms with van der Waals surface area (Å²) in [6.45, 7) is 3.36. The second-order valence-electron chi connectivity index (χ2n) is 7.37. The van der Waals surface area contributed by atoms with Gasteiger partial charge in [-0.3, -0.25) is 9.78 Å². The number of nitrogens with one attached hydrogen (secondary N) is 1. The van der Waals surface area contributed by atoms with E-state index in [1.807, 2.05) is 47.2 Å². The second kappa shape index (κ2) is 9.62. The van der Waals surface area contributed by atoms with Crippen molar-refractivity contribution in [2.24, 2.45) is 5.73 Å². The Morgan fingerprint density at radius 1 is 1.16 bits per heavy atom. The fourth-order valence-electron chi connectivity index (χ4n) is 3.61. The molecule has 0 radical (unpaired) electrons. The van der Waals surface area contributed by atoms with Crippen LogP contribution in [0.4, 0.5) is 5.82 Å².